The van der Waals surface area contributed by atoms with E-state index in [-0.39, 0.29) is 0 Å². The van der Waals surface area contributed by atoms with Crippen LogP contribution in [0.5, 0.6) is 0 Å². The van der Waals surface area contributed by atoms with Crippen LogP contribution in [-0.4, -0.2) is 13.6 Å². The van der Waals surface area contributed by atoms with Crippen LogP contribution in [0.4, 0.5) is 0 Å². The first kappa shape index (κ1) is 8.18. The molecule has 0 spiro atoms. The van der Waals surface area contributed by atoms with Gasteiger partial charge in [0.2, 0.25) is 0 Å². The minimum Gasteiger partial charge on any atom is -0.316 e. The summed E-state index contributed by atoms with van der Waals surface area (Å²) in [4.78, 5) is 0. The van der Waals surface area contributed by atoms with Crippen molar-refractivity contribution in [1.29, 1.82) is 0 Å². The second kappa shape index (κ2) is 5.32. The molecule has 0 aliphatic carbocycles. The molecule has 1 heteroatoms. The summed E-state index contributed by atoms with van der Waals surface area (Å²) in [6.45, 7) is 8.16. The summed E-state index contributed by atoms with van der Waals surface area (Å²) in [7, 11) is 1.90. The maximum Gasteiger partial charge on any atom is 0.0135 e. The Hall–Kier alpha value is -0.820. The summed E-state index contributed by atoms with van der Waals surface area (Å²) in [5.74, 6) is 0. The molecule has 0 amide bonds. The molecule has 0 aromatic rings. The van der Waals surface area contributed by atoms with E-state index in [1.54, 1.807) is 6.08 Å². The van der Waals surface area contributed by atoms with E-state index in [9.17, 15) is 0 Å². The Morgan fingerprint density at radius 3 is 2.78 bits per heavy atom. The summed E-state index contributed by atoms with van der Waals surface area (Å²) < 4.78 is 0. The molecule has 0 aromatic carbocycles. The lowest BCUT2D eigenvalue weighted by Crippen LogP contribution is -2.03. The Bertz CT molecular complexity index is 123. The summed E-state index contributed by atoms with van der Waals surface area (Å²) in [6, 6.07) is 0. The Kier molecular flexibility index (Phi) is 4.83. The average Bonchev–Trinajstić information content (AvgIpc) is 1.89. The second-order valence-electron chi connectivity index (χ2n) is 1.74. The molecule has 0 aliphatic rings. The van der Waals surface area contributed by atoms with Crippen LogP contribution >= 0.6 is 0 Å². The predicted octanol–water partition coefficient (Wildman–Crippen LogP) is 1.50. The van der Waals surface area contributed by atoms with Crippen LogP contribution in [0.2, 0.25) is 0 Å². The molecular weight excluding hydrogens is 110 g/mol. The monoisotopic (exact) mass is 123 g/mol. The topological polar surface area (TPSA) is 12.0 Å². The molecule has 9 heavy (non-hydrogen) atoms. The first-order valence-electron chi connectivity index (χ1n) is 2.93. The zero-order chi connectivity index (χ0) is 7.11. The van der Waals surface area contributed by atoms with Crippen LogP contribution in [0.25, 0.3) is 0 Å². The minimum atomic E-state index is 0.882. The fraction of sp³-hybridized carbons (Fsp3) is 0.250. The van der Waals surface area contributed by atoms with Gasteiger partial charge < -0.3 is 5.32 Å². The van der Waals surface area contributed by atoms with Gasteiger partial charge in [0.15, 0.2) is 0 Å². The number of hydrogen-bond acceptors (Lipinski definition) is 1. The fourth-order valence-electron chi connectivity index (χ4n) is 0.396. The maximum atomic E-state index is 3.71. The van der Waals surface area contributed by atoms with E-state index in [2.05, 4.69) is 18.5 Å². The highest BCUT2D eigenvalue weighted by molar-refractivity contribution is 5.25. The van der Waals surface area contributed by atoms with Crippen molar-refractivity contribution in [3.8, 4) is 0 Å². The SMILES string of the molecule is C=CC(=C)/C=C\CNC. The largest absolute Gasteiger partial charge is 0.316 e. The lowest BCUT2D eigenvalue weighted by atomic mass is 10.3. The van der Waals surface area contributed by atoms with Crippen molar-refractivity contribution in [2.24, 2.45) is 0 Å². The molecule has 0 heterocycles. The average molecular weight is 123 g/mol. The molecule has 0 atom stereocenters. The quantitative estimate of drug-likeness (QED) is 0.559. The van der Waals surface area contributed by atoms with Crippen molar-refractivity contribution < 1.29 is 0 Å². The van der Waals surface area contributed by atoms with Gasteiger partial charge in [-0.1, -0.05) is 31.4 Å². The molecule has 0 fully saturated rings. The van der Waals surface area contributed by atoms with Gasteiger partial charge in [0.1, 0.15) is 0 Å². The van der Waals surface area contributed by atoms with E-state index < -0.39 is 0 Å². The second-order valence-corrected chi connectivity index (χ2v) is 1.74. The normalized spacial score (nSPS) is 9.89. The van der Waals surface area contributed by atoms with Gasteiger partial charge in [0.25, 0.3) is 0 Å². The van der Waals surface area contributed by atoms with Crippen molar-refractivity contribution in [1.82, 2.24) is 5.32 Å². The minimum absolute atomic E-state index is 0.882. The number of hydrogen-bond donors (Lipinski definition) is 1. The molecule has 50 valence electrons. The molecule has 0 aliphatic heterocycles. The van der Waals surface area contributed by atoms with Gasteiger partial charge in [0, 0.05) is 6.54 Å². The van der Waals surface area contributed by atoms with Crippen molar-refractivity contribution in [3.63, 3.8) is 0 Å². The van der Waals surface area contributed by atoms with Gasteiger partial charge in [0.05, 0.1) is 0 Å². The lowest BCUT2D eigenvalue weighted by Gasteiger charge is -1.87. The van der Waals surface area contributed by atoms with Crippen LogP contribution in [0.1, 0.15) is 0 Å². The van der Waals surface area contributed by atoms with E-state index in [4.69, 9.17) is 0 Å². The molecule has 1 N–H and O–H groups in total. The van der Waals surface area contributed by atoms with Crippen LogP contribution in [0.3, 0.4) is 0 Å². The third-order valence-corrected chi connectivity index (χ3v) is 0.916. The molecule has 0 radical (unpaired) electrons. The molecule has 0 unspecified atom stereocenters. The Balaban J connectivity index is 3.44. The van der Waals surface area contributed by atoms with Crippen LogP contribution in [0, 0.1) is 0 Å². The van der Waals surface area contributed by atoms with Gasteiger partial charge in [-0.15, -0.1) is 0 Å². The highest BCUT2D eigenvalue weighted by Gasteiger charge is 1.74. The van der Waals surface area contributed by atoms with Crippen molar-refractivity contribution >= 4 is 0 Å². The number of likely N-dealkylation sites (N-methyl/N-ethyl adjacent to an activating group) is 1. The van der Waals surface area contributed by atoms with Crippen molar-refractivity contribution in [2.45, 2.75) is 0 Å². The zero-order valence-electron chi connectivity index (χ0n) is 5.85. The third-order valence-electron chi connectivity index (χ3n) is 0.916. The first-order valence-corrected chi connectivity index (χ1v) is 2.93. The number of rotatable bonds is 4. The highest BCUT2D eigenvalue weighted by atomic mass is 14.8. The highest BCUT2D eigenvalue weighted by Crippen LogP contribution is 1.90. The Morgan fingerprint density at radius 1 is 1.67 bits per heavy atom. The fourth-order valence-corrected chi connectivity index (χ4v) is 0.396. The number of allylic oxidation sites excluding steroid dienone is 3. The van der Waals surface area contributed by atoms with Gasteiger partial charge in [-0.3, -0.25) is 0 Å². The predicted molar refractivity (Wildman–Crippen MR) is 42.4 cm³/mol. The smallest absolute Gasteiger partial charge is 0.0135 e. The van der Waals surface area contributed by atoms with Gasteiger partial charge in [-0.25, -0.2) is 0 Å². The number of nitrogens with one attached hydrogen (secondary N) is 1. The standard InChI is InChI=1S/C8H13N/c1-4-8(2)6-5-7-9-3/h4-6,9H,1-2,7H2,3H3/b6-5-. The molecule has 1 nitrogen and oxygen atoms in total. The maximum absolute atomic E-state index is 3.71. The Labute approximate surface area is 56.8 Å². The van der Waals surface area contributed by atoms with Crippen molar-refractivity contribution in [3.05, 3.63) is 37.0 Å². The molecular formula is C8H13N. The van der Waals surface area contributed by atoms with Gasteiger partial charge in [-0.2, -0.15) is 0 Å². The molecule has 0 bridgehead atoms. The first-order chi connectivity index (χ1) is 4.31. The third kappa shape index (κ3) is 5.04. The Morgan fingerprint density at radius 2 is 2.33 bits per heavy atom. The summed E-state index contributed by atoms with van der Waals surface area (Å²) in [5, 5.41) is 2.98. The summed E-state index contributed by atoms with van der Waals surface area (Å²) >= 11 is 0. The van der Waals surface area contributed by atoms with Crippen molar-refractivity contribution in [2.75, 3.05) is 13.6 Å². The summed E-state index contributed by atoms with van der Waals surface area (Å²) in [5.41, 5.74) is 0.949. The van der Waals surface area contributed by atoms with E-state index in [0.717, 1.165) is 12.1 Å². The lowest BCUT2D eigenvalue weighted by molar-refractivity contribution is 0.919. The van der Waals surface area contributed by atoms with E-state index in [1.165, 1.54) is 0 Å². The molecule has 0 saturated heterocycles. The van der Waals surface area contributed by atoms with E-state index in [1.807, 2.05) is 19.2 Å². The zero-order valence-corrected chi connectivity index (χ0v) is 5.85. The van der Waals surface area contributed by atoms with Crippen LogP contribution in [0.15, 0.2) is 37.0 Å². The van der Waals surface area contributed by atoms with Crippen LogP contribution in [-0.2, 0) is 0 Å². The summed E-state index contributed by atoms with van der Waals surface area (Å²) in [6.07, 6.45) is 5.67. The molecule has 0 saturated carbocycles. The van der Waals surface area contributed by atoms with E-state index >= 15 is 0 Å². The molecule has 0 rings (SSSR count). The van der Waals surface area contributed by atoms with E-state index in [0.29, 0.717) is 0 Å². The molecule has 0 aromatic heterocycles. The van der Waals surface area contributed by atoms with Crippen LogP contribution < -0.4 is 5.32 Å². The van der Waals surface area contributed by atoms with Gasteiger partial charge in [-0.05, 0) is 12.6 Å². The van der Waals surface area contributed by atoms with Gasteiger partial charge >= 0.3 is 0 Å².